The van der Waals surface area contributed by atoms with Crippen LogP contribution in [0.5, 0.6) is 5.75 Å². The van der Waals surface area contributed by atoms with Gasteiger partial charge in [0.1, 0.15) is 15.6 Å². The van der Waals surface area contributed by atoms with Gasteiger partial charge in [0.25, 0.3) is 0 Å². The number of aromatic nitrogens is 2. The van der Waals surface area contributed by atoms with Crippen LogP contribution in [-0.2, 0) is 9.80 Å². The average Bonchev–Trinajstić information content (AvgIpc) is 2.59. The van der Waals surface area contributed by atoms with E-state index in [1.807, 2.05) is 0 Å². The van der Waals surface area contributed by atoms with Crippen LogP contribution in [-0.4, -0.2) is 31.7 Å². The van der Waals surface area contributed by atoms with Crippen molar-refractivity contribution in [3.05, 3.63) is 18.2 Å². The van der Waals surface area contributed by atoms with Crippen molar-refractivity contribution in [3.63, 3.8) is 0 Å². The number of fused-ring (bicyclic) bond motifs is 1. The van der Waals surface area contributed by atoms with E-state index in [0.29, 0.717) is 16.8 Å². The van der Waals surface area contributed by atoms with Crippen LogP contribution in [0.15, 0.2) is 23.4 Å². The van der Waals surface area contributed by atoms with Gasteiger partial charge in [-0.2, -0.15) is 0 Å². The van der Waals surface area contributed by atoms with E-state index in [0.717, 1.165) is 0 Å². The van der Waals surface area contributed by atoms with E-state index in [1.54, 1.807) is 25.3 Å². The molecule has 6 heteroatoms. The fraction of sp³-hybridized carbons (Fsp3) is 0.111. The summed E-state index contributed by atoms with van der Waals surface area (Å²) in [6.07, 6.45) is 0. The van der Waals surface area contributed by atoms with E-state index in [4.69, 9.17) is 4.74 Å². The van der Waals surface area contributed by atoms with Gasteiger partial charge in [-0.25, -0.2) is 9.19 Å². The highest BCUT2D eigenvalue weighted by Crippen LogP contribution is 2.19. The Morgan fingerprint density at radius 2 is 2.33 bits per heavy atom. The van der Waals surface area contributed by atoms with Crippen LogP contribution in [0.25, 0.3) is 11.0 Å². The SMILES string of the molecule is C=S(=O)(O)c1nc2ccc(OC)cc2[nH]1. The fourth-order valence-corrected chi connectivity index (χ4v) is 1.75. The van der Waals surface area contributed by atoms with E-state index in [9.17, 15) is 8.76 Å². The lowest BCUT2D eigenvalue weighted by Crippen LogP contribution is -1.99. The van der Waals surface area contributed by atoms with E-state index < -0.39 is 9.80 Å². The average molecular weight is 226 g/mol. The highest BCUT2D eigenvalue weighted by atomic mass is 32.2. The van der Waals surface area contributed by atoms with Crippen LogP contribution < -0.4 is 4.74 Å². The van der Waals surface area contributed by atoms with Crippen LogP contribution in [0.4, 0.5) is 0 Å². The number of hydrogen-bond donors (Lipinski definition) is 2. The summed E-state index contributed by atoms with van der Waals surface area (Å²) < 4.78 is 25.5. The summed E-state index contributed by atoms with van der Waals surface area (Å²) in [6, 6.07) is 5.14. The molecule has 0 aliphatic heterocycles. The van der Waals surface area contributed by atoms with Crippen molar-refractivity contribution in [1.82, 2.24) is 9.97 Å². The molecule has 2 N–H and O–H groups in total. The van der Waals surface area contributed by atoms with Crippen LogP contribution in [0.1, 0.15) is 0 Å². The second-order valence-electron chi connectivity index (χ2n) is 3.07. The molecule has 0 saturated carbocycles. The normalized spacial score (nSPS) is 15.1. The Balaban J connectivity index is 2.66. The molecule has 80 valence electrons. The maximum atomic E-state index is 11.2. The molecule has 2 rings (SSSR count). The van der Waals surface area contributed by atoms with Crippen molar-refractivity contribution in [2.45, 2.75) is 5.16 Å². The van der Waals surface area contributed by atoms with Crippen molar-refractivity contribution in [3.8, 4) is 5.75 Å². The second kappa shape index (κ2) is 3.25. The summed E-state index contributed by atoms with van der Waals surface area (Å²) in [7, 11) is -1.74. The molecular weight excluding hydrogens is 216 g/mol. The Kier molecular flexibility index (Phi) is 2.17. The number of H-pyrrole nitrogens is 1. The molecule has 0 aliphatic carbocycles. The largest absolute Gasteiger partial charge is 0.497 e. The van der Waals surface area contributed by atoms with Crippen molar-refractivity contribution in [2.75, 3.05) is 7.11 Å². The second-order valence-corrected chi connectivity index (χ2v) is 4.73. The molecule has 2 aromatic rings. The predicted octanol–water partition coefficient (Wildman–Crippen LogP) is 1.12. The maximum absolute atomic E-state index is 11.2. The van der Waals surface area contributed by atoms with Crippen LogP contribution in [0, 0.1) is 0 Å². The lowest BCUT2D eigenvalue weighted by atomic mass is 10.3. The van der Waals surface area contributed by atoms with Crippen molar-refractivity contribution in [1.29, 1.82) is 0 Å². The van der Waals surface area contributed by atoms with Gasteiger partial charge < -0.3 is 14.3 Å². The third-order valence-electron chi connectivity index (χ3n) is 1.97. The number of nitrogens with zero attached hydrogens (tertiary/aromatic N) is 1. The fourth-order valence-electron chi connectivity index (χ4n) is 1.24. The number of aromatic amines is 1. The zero-order valence-electron chi connectivity index (χ0n) is 8.06. The Bertz CT molecular complexity index is 601. The molecular formula is C9H10N2O3S. The summed E-state index contributed by atoms with van der Waals surface area (Å²) in [5, 5.41) is -0.0225. The van der Waals surface area contributed by atoms with Gasteiger partial charge >= 0.3 is 0 Å². The molecule has 1 atom stereocenters. The Morgan fingerprint density at radius 1 is 1.60 bits per heavy atom. The first kappa shape index (κ1) is 10.0. The van der Waals surface area contributed by atoms with Gasteiger partial charge in [-0.3, -0.25) is 0 Å². The summed E-state index contributed by atoms with van der Waals surface area (Å²) >= 11 is 0. The molecule has 0 aliphatic rings. The van der Waals surface area contributed by atoms with Gasteiger partial charge in [0.15, 0.2) is 0 Å². The highest BCUT2D eigenvalue weighted by molar-refractivity contribution is 7.94. The van der Waals surface area contributed by atoms with Crippen LogP contribution in [0.3, 0.4) is 0 Å². The molecule has 0 amide bonds. The quantitative estimate of drug-likeness (QED) is 0.752. The summed E-state index contributed by atoms with van der Waals surface area (Å²) in [5.74, 6) is 3.80. The number of imidazole rings is 1. The molecule has 1 unspecified atom stereocenters. The number of nitrogens with one attached hydrogen (secondary N) is 1. The van der Waals surface area contributed by atoms with Gasteiger partial charge in [0, 0.05) is 6.07 Å². The minimum atomic E-state index is -3.29. The topological polar surface area (TPSA) is 75.2 Å². The molecule has 0 spiro atoms. The van der Waals surface area contributed by atoms with Gasteiger partial charge in [0.05, 0.1) is 18.1 Å². The lowest BCUT2D eigenvalue weighted by Gasteiger charge is -1.96. The van der Waals surface area contributed by atoms with Gasteiger partial charge in [-0.05, 0) is 18.0 Å². The predicted molar refractivity (Wildman–Crippen MR) is 58.8 cm³/mol. The first-order chi connectivity index (χ1) is 7.00. The summed E-state index contributed by atoms with van der Waals surface area (Å²) in [5.41, 5.74) is 1.26. The molecule has 1 aromatic heterocycles. The Morgan fingerprint density at radius 3 is 2.93 bits per heavy atom. The third-order valence-corrected chi connectivity index (χ3v) is 2.77. The number of ether oxygens (including phenoxy) is 1. The molecule has 0 radical (unpaired) electrons. The molecule has 0 saturated heterocycles. The van der Waals surface area contributed by atoms with E-state index >= 15 is 0 Å². The monoisotopic (exact) mass is 226 g/mol. The van der Waals surface area contributed by atoms with Crippen molar-refractivity contribution in [2.24, 2.45) is 0 Å². The number of benzene rings is 1. The number of hydrogen-bond acceptors (Lipinski definition) is 3. The van der Waals surface area contributed by atoms with Gasteiger partial charge in [-0.1, -0.05) is 0 Å². The zero-order valence-corrected chi connectivity index (χ0v) is 8.87. The Labute approximate surface area is 86.9 Å². The number of rotatable bonds is 2. The highest BCUT2D eigenvalue weighted by Gasteiger charge is 2.09. The van der Waals surface area contributed by atoms with Crippen LogP contribution in [0.2, 0.25) is 0 Å². The summed E-state index contributed by atoms with van der Waals surface area (Å²) in [4.78, 5) is 6.69. The molecule has 0 bridgehead atoms. The first-order valence-corrected chi connectivity index (χ1v) is 5.82. The molecule has 15 heavy (non-hydrogen) atoms. The standard InChI is InChI=1S/C9H10N2O3S/c1-14-6-3-4-7-8(5-6)11-9(10-7)15(2,12)13/h3-5H,2H2,1H3,(H,10,11)(H,12,13). The van der Waals surface area contributed by atoms with Crippen LogP contribution >= 0.6 is 0 Å². The zero-order chi connectivity index (χ0) is 11.1. The molecule has 5 nitrogen and oxygen atoms in total. The van der Waals surface area contributed by atoms with Crippen molar-refractivity contribution >= 4 is 26.7 Å². The molecule has 1 aromatic carbocycles. The molecule has 1 heterocycles. The van der Waals surface area contributed by atoms with Gasteiger partial charge in [0.2, 0.25) is 5.16 Å². The Hall–Kier alpha value is -1.53. The van der Waals surface area contributed by atoms with E-state index in [-0.39, 0.29) is 5.16 Å². The minimum absolute atomic E-state index is 0.0225. The van der Waals surface area contributed by atoms with E-state index in [1.165, 1.54) is 0 Å². The maximum Gasteiger partial charge on any atom is 0.214 e. The van der Waals surface area contributed by atoms with Crippen molar-refractivity contribution < 1.29 is 13.5 Å². The first-order valence-electron chi connectivity index (χ1n) is 4.14. The lowest BCUT2D eigenvalue weighted by molar-refractivity contribution is 0.415. The third kappa shape index (κ3) is 1.81. The van der Waals surface area contributed by atoms with E-state index in [2.05, 4.69) is 15.8 Å². The number of methoxy groups -OCH3 is 1. The molecule has 0 fully saturated rings. The smallest absolute Gasteiger partial charge is 0.214 e. The minimum Gasteiger partial charge on any atom is -0.497 e. The van der Waals surface area contributed by atoms with Gasteiger partial charge in [-0.15, -0.1) is 0 Å². The summed E-state index contributed by atoms with van der Waals surface area (Å²) in [6.45, 7) is 0.